The van der Waals surface area contributed by atoms with Crippen LogP contribution < -0.4 is 34.9 Å². The summed E-state index contributed by atoms with van der Waals surface area (Å²) >= 11 is 2.34. The van der Waals surface area contributed by atoms with E-state index in [2.05, 4.69) is 51.2 Å². The summed E-state index contributed by atoms with van der Waals surface area (Å²) in [5.74, 6) is -0.984. The number of benzene rings is 2. The fraction of sp³-hybridized carbons (Fsp3) is 0.385. The summed E-state index contributed by atoms with van der Waals surface area (Å²) in [5, 5.41) is 2.68. The maximum Gasteiger partial charge on any atom is 1.00 e. The molecule has 4 rings (SSSR count). The molecule has 0 unspecified atom stereocenters. The van der Waals surface area contributed by atoms with Crippen LogP contribution in [0.1, 0.15) is 81.7 Å². The van der Waals surface area contributed by atoms with Crippen molar-refractivity contribution in [2.24, 2.45) is 0 Å². The first-order valence-electron chi connectivity index (χ1n) is 11.2. The Morgan fingerprint density at radius 1 is 0.917 bits per heavy atom. The van der Waals surface area contributed by atoms with Crippen LogP contribution in [-0.2, 0) is 22.6 Å². The third-order valence-electron chi connectivity index (χ3n) is 5.20. The second-order valence-corrected chi connectivity index (χ2v) is 10.9. The van der Waals surface area contributed by atoms with E-state index in [1.54, 1.807) is 35.2 Å². The Morgan fingerprint density at radius 3 is 1.86 bits per heavy atom. The maximum absolute atomic E-state index is 12.1. The average molecular weight is 618 g/mol. The van der Waals surface area contributed by atoms with Crippen LogP contribution >= 0.6 is 22.6 Å². The van der Waals surface area contributed by atoms with E-state index in [1.807, 2.05) is 19.9 Å². The van der Waals surface area contributed by atoms with Crippen LogP contribution in [-0.4, -0.2) is 52.8 Å². The number of amides is 2. The number of ether oxygens (including phenoxy) is 2. The van der Waals surface area contributed by atoms with E-state index >= 15 is 0 Å². The molecule has 0 aromatic heterocycles. The summed E-state index contributed by atoms with van der Waals surface area (Å²) in [4.78, 5) is 47.7. The minimum Gasteiger partial charge on any atom is -1.00 e. The van der Waals surface area contributed by atoms with Crippen molar-refractivity contribution in [1.29, 1.82) is 0 Å². The SMILES string of the molecule is CC(C)I.COC(=O)c1ccc2c(c1)C(=O)N(C(C)C)C2.COC(=O)c1ccc2c(c1)C(=O)NC2.[H-].[Na+]. The van der Waals surface area contributed by atoms with E-state index < -0.39 is 11.9 Å². The Hall–Kier alpha value is -1.95. The summed E-state index contributed by atoms with van der Waals surface area (Å²) in [6.45, 7) is 9.42. The molecule has 36 heavy (non-hydrogen) atoms. The number of esters is 2. The predicted molar refractivity (Wildman–Crippen MR) is 142 cm³/mol. The molecule has 2 aromatic carbocycles. The Kier molecular flexibility index (Phi) is 13.1. The number of methoxy groups -OCH3 is 2. The first kappa shape index (κ1) is 32.1. The molecule has 0 atom stereocenters. The second kappa shape index (κ2) is 14.7. The van der Waals surface area contributed by atoms with Crippen LogP contribution in [0.25, 0.3) is 0 Å². The molecule has 0 saturated heterocycles. The van der Waals surface area contributed by atoms with Crippen molar-refractivity contribution in [1.82, 2.24) is 10.2 Å². The van der Waals surface area contributed by atoms with Crippen LogP contribution in [0, 0.1) is 0 Å². The third-order valence-corrected chi connectivity index (χ3v) is 5.20. The van der Waals surface area contributed by atoms with E-state index in [4.69, 9.17) is 0 Å². The number of carbonyl (C=O) groups excluding carboxylic acids is 4. The molecule has 0 fully saturated rings. The molecule has 2 amide bonds. The first-order valence-corrected chi connectivity index (χ1v) is 12.4. The van der Waals surface area contributed by atoms with Crippen molar-refractivity contribution >= 4 is 46.3 Å². The molecule has 8 nitrogen and oxygen atoms in total. The smallest absolute Gasteiger partial charge is 1.00 e. The number of halogens is 1. The molecular weight excluding hydrogens is 586 g/mol. The zero-order valence-electron chi connectivity index (χ0n) is 22.8. The van der Waals surface area contributed by atoms with Crippen LogP contribution in [0.2, 0.25) is 0 Å². The molecule has 0 bridgehead atoms. The fourth-order valence-corrected chi connectivity index (χ4v) is 3.44. The van der Waals surface area contributed by atoms with Crippen molar-refractivity contribution in [3.63, 3.8) is 0 Å². The average Bonchev–Trinajstić information content (AvgIpc) is 3.37. The molecule has 2 aliphatic heterocycles. The Bertz CT molecular complexity index is 1120. The zero-order chi connectivity index (χ0) is 26.3. The van der Waals surface area contributed by atoms with Gasteiger partial charge in [0.1, 0.15) is 0 Å². The summed E-state index contributed by atoms with van der Waals surface area (Å²) in [5.41, 5.74) is 3.89. The standard InChI is InChI=1S/C13H15NO3.C10H9NO3.C3H7I.Na.H/c1-8(2)14-7-10-5-4-9(13(16)17-3)6-11(10)12(14)15;1-14-10(13)6-2-3-7-5-11-9(12)8(7)4-6;1-3(2)4;;/h4-6,8H,7H2,1-3H3;2-4H,5H2,1H3,(H,11,12);3H,1-2H3;;/q;;;+1;-1. The Labute approximate surface area is 249 Å². The molecule has 0 spiro atoms. The molecule has 2 aromatic rings. The normalized spacial score (nSPS) is 12.9. The number of hydrogen-bond donors (Lipinski definition) is 1. The van der Waals surface area contributed by atoms with Gasteiger partial charge in [0.25, 0.3) is 11.8 Å². The fourth-order valence-electron chi connectivity index (χ4n) is 3.44. The molecule has 0 radical (unpaired) electrons. The summed E-state index contributed by atoms with van der Waals surface area (Å²) in [6, 6.07) is 10.3. The van der Waals surface area contributed by atoms with Gasteiger partial charge in [0, 0.05) is 34.2 Å². The first-order chi connectivity index (χ1) is 16.5. The van der Waals surface area contributed by atoms with Crippen LogP contribution in [0.15, 0.2) is 36.4 Å². The summed E-state index contributed by atoms with van der Waals surface area (Å²) in [6.07, 6.45) is 0. The monoisotopic (exact) mass is 618 g/mol. The Balaban J connectivity index is 0.000000592. The number of rotatable bonds is 3. The number of alkyl halides is 1. The maximum atomic E-state index is 12.1. The van der Waals surface area contributed by atoms with Crippen molar-refractivity contribution in [3.8, 4) is 0 Å². The number of nitrogens with zero attached hydrogens (tertiary/aromatic N) is 1. The van der Waals surface area contributed by atoms with E-state index in [0.717, 1.165) is 15.1 Å². The van der Waals surface area contributed by atoms with Crippen molar-refractivity contribution in [2.45, 2.75) is 50.8 Å². The van der Waals surface area contributed by atoms with Gasteiger partial charge in [0.2, 0.25) is 0 Å². The van der Waals surface area contributed by atoms with Gasteiger partial charge in [0.05, 0.1) is 25.3 Å². The summed E-state index contributed by atoms with van der Waals surface area (Å²) in [7, 11) is 2.65. The molecule has 0 aliphatic carbocycles. The number of carbonyl (C=O) groups is 4. The van der Waals surface area contributed by atoms with Gasteiger partial charge in [-0.05, 0) is 49.2 Å². The zero-order valence-corrected chi connectivity index (χ0v) is 26.0. The van der Waals surface area contributed by atoms with E-state index in [0.29, 0.717) is 35.3 Å². The molecule has 10 heteroatoms. The topological polar surface area (TPSA) is 102 Å². The molecule has 2 heterocycles. The largest absolute Gasteiger partial charge is 1.00 e. The van der Waals surface area contributed by atoms with Gasteiger partial charge >= 0.3 is 41.5 Å². The van der Waals surface area contributed by atoms with Gasteiger partial charge in [-0.25, -0.2) is 9.59 Å². The minimum absolute atomic E-state index is 0. The molecule has 190 valence electrons. The van der Waals surface area contributed by atoms with Gasteiger partial charge in [0.15, 0.2) is 0 Å². The van der Waals surface area contributed by atoms with Crippen molar-refractivity contribution in [3.05, 3.63) is 69.8 Å². The van der Waals surface area contributed by atoms with Gasteiger partial charge in [-0.15, -0.1) is 0 Å². The van der Waals surface area contributed by atoms with Crippen LogP contribution in [0.5, 0.6) is 0 Å². The van der Waals surface area contributed by atoms with Gasteiger partial charge < -0.3 is 21.1 Å². The molecule has 0 saturated carbocycles. The molecular formula is C26H32IN2NaO6. The predicted octanol–water partition coefficient (Wildman–Crippen LogP) is 1.50. The van der Waals surface area contributed by atoms with Crippen molar-refractivity contribution < 1.29 is 59.6 Å². The molecule has 1 N–H and O–H groups in total. The van der Waals surface area contributed by atoms with Crippen molar-refractivity contribution in [2.75, 3.05) is 14.2 Å². The number of nitrogens with one attached hydrogen (secondary N) is 1. The van der Waals surface area contributed by atoms with E-state index in [9.17, 15) is 19.2 Å². The molecule has 2 aliphatic rings. The second-order valence-electron chi connectivity index (χ2n) is 8.45. The summed E-state index contributed by atoms with van der Waals surface area (Å²) < 4.78 is 10.0. The van der Waals surface area contributed by atoms with Gasteiger partial charge in [-0.3, -0.25) is 9.59 Å². The van der Waals surface area contributed by atoms with E-state index in [-0.39, 0.29) is 48.8 Å². The number of hydrogen-bond acceptors (Lipinski definition) is 6. The van der Waals surface area contributed by atoms with Gasteiger partial charge in [-0.1, -0.05) is 48.6 Å². The minimum atomic E-state index is -0.424. The quantitative estimate of drug-likeness (QED) is 0.242. The van der Waals surface area contributed by atoms with Crippen LogP contribution in [0.4, 0.5) is 0 Å². The van der Waals surface area contributed by atoms with Crippen LogP contribution in [0.3, 0.4) is 0 Å². The van der Waals surface area contributed by atoms with E-state index in [1.165, 1.54) is 14.2 Å². The third kappa shape index (κ3) is 8.29. The number of fused-ring (bicyclic) bond motifs is 2. The Morgan fingerprint density at radius 2 is 1.39 bits per heavy atom. The van der Waals surface area contributed by atoms with Gasteiger partial charge in [-0.2, -0.15) is 0 Å².